The molecule has 0 bridgehead atoms. The van der Waals surface area contributed by atoms with E-state index < -0.39 is 12.1 Å². The SMILES string of the molecule is O=C(O)C1CN(Cc2cc(F)ccc2Cl)CCO1. The van der Waals surface area contributed by atoms with E-state index in [-0.39, 0.29) is 12.4 Å². The summed E-state index contributed by atoms with van der Waals surface area (Å²) < 4.78 is 18.2. The second-order valence-corrected chi connectivity index (χ2v) is 4.58. The molecule has 98 valence electrons. The minimum atomic E-state index is -0.981. The van der Waals surface area contributed by atoms with E-state index in [1.54, 1.807) is 0 Å². The summed E-state index contributed by atoms with van der Waals surface area (Å²) in [7, 11) is 0. The quantitative estimate of drug-likeness (QED) is 0.912. The number of benzene rings is 1. The van der Waals surface area contributed by atoms with Gasteiger partial charge in [-0.25, -0.2) is 9.18 Å². The van der Waals surface area contributed by atoms with Gasteiger partial charge in [0.2, 0.25) is 0 Å². The number of halogens is 2. The highest BCUT2D eigenvalue weighted by Gasteiger charge is 2.26. The predicted octanol–water partition coefficient (Wildman–Crippen LogP) is 1.76. The van der Waals surface area contributed by atoms with Crippen molar-refractivity contribution in [2.75, 3.05) is 19.7 Å². The highest BCUT2D eigenvalue weighted by atomic mass is 35.5. The second-order valence-electron chi connectivity index (χ2n) is 4.17. The van der Waals surface area contributed by atoms with Crippen LogP contribution < -0.4 is 0 Å². The van der Waals surface area contributed by atoms with Gasteiger partial charge < -0.3 is 9.84 Å². The zero-order valence-electron chi connectivity index (χ0n) is 9.60. The summed E-state index contributed by atoms with van der Waals surface area (Å²) in [5, 5.41) is 9.36. The molecule has 18 heavy (non-hydrogen) atoms. The van der Waals surface area contributed by atoms with Crippen molar-refractivity contribution < 1.29 is 19.0 Å². The maximum atomic E-state index is 13.1. The first-order chi connectivity index (χ1) is 8.56. The third kappa shape index (κ3) is 3.19. The molecule has 1 aliphatic heterocycles. The molecule has 0 aliphatic carbocycles. The third-order valence-electron chi connectivity index (χ3n) is 2.83. The number of aliphatic carboxylic acids is 1. The Labute approximate surface area is 109 Å². The number of carboxylic acids is 1. The fourth-order valence-electron chi connectivity index (χ4n) is 1.90. The van der Waals surface area contributed by atoms with Gasteiger partial charge in [-0.1, -0.05) is 11.6 Å². The molecule has 1 fully saturated rings. The van der Waals surface area contributed by atoms with Crippen LogP contribution in [-0.4, -0.2) is 41.8 Å². The van der Waals surface area contributed by atoms with Crippen LogP contribution in [0.15, 0.2) is 18.2 Å². The Kier molecular flexibility index (Phi) is 4.16. The molecule has 2 rings (SSSR count). The standard InChI is InChI=1S/C12H13ClFNO3/c13-10-2-1-9(14)5-8(10)6-15-3-4-18-11(7-15)12(16)17/h1-2,5,11H,3-4,6-7H2,(H,16,17). The van der Waals surface area contributed by atoms with E-state index in [4.69, 9.17) is 21.4 Å². The number of carboxylic acid groups (broad SMARTS) is 1. The van der Waals surface area contributed by atoms with Crippen molar-refractivity contribution >= 4 is 17.6 Å². The number of rotatable bonds is 3. The Morgan fingerprint density at radius 3 is 3.11 bits per heavy atom. The van der Waals surface area contributed by atoms with Gasteiger partial charge in [0.05, 0.1) is 6.61 Å². The summed E-state index contributed by atoms with van der Waals surface area (Å²) in [5.74, 6) is -1.33. The minimum Gasteiger partial charge on any atom is -0.479 e. The third-order valence-corrected chi connectivity index (χ3v) is 3.20. The van der Waals surface area contributed by atoms with Crippen molar-refractivity contribution in [2.45, 2.75) is 12.6 Å². The number of hydrogen-bond acceptors (Lipinski definition) is 3. The minimum absolute atomic E-state index is 0.280. The molecule has 0 amide bonds. The van der Waals surface area contributed by atoms with Gasteiger partial charge in [0.25, 0.3) is 0 Å². The fraction of sp³-hybridized carbons (Fsp3) is 0.417. The summed E-state index contributed by atoms with van der Waals surface area (Å²) >= 11 is 5.97. The second kappa shape index (κ2) is 5.65. The van der Waals surface area contributed by atoms with Crippen LogP contribution in [0.1, 0.15) is 5.56 Å². The molecule has 1 aromatic rings. The first-order valence-corrected chi connectivity index (χ1v) is 5.95. The fourth-order valence-corrected chi connectivity index (χ4v) is 2.08. The van der Waals surface area contributed by atoms with Crippen LogP contribution in [0, 0.1) is 5.82 Å². The largest absolute Gasteiger partial charge is 0.479 e. The van der Waals surface area contributed by atoms with Gasteiger partial charge in [0, 0.05) is 24.7 Å². The Morgan fingerprint density at radius 2 is 2.39 bits per heavy atom. The number of carbonyl (C=O) groups is 1. The molecule has 0 radical (unpaired) electrons. The average molecular weight is 274 g/mol. The molecule has 0 spiro atoms. The van der Waals surface area contributed by atoms with Crippen molar-refractivity contribution in [1.82, 2.24) is 4.90 Å². The van der Waals surface area contributed by atoms with Gasteiger partial charge in [0.15, 0.2) is 6.10 Å². The van der Waals surface area contributed by atoms with Crippen molar-refractivity contribution in [3.8, 4) is 0 Å². The highest BCUT2D eigenvalue weighted by Crippen LogP contribution is 2.20. The smallest absolute Gasteiger partial charge is 0.334 e. The Morgan fingerprint density at radius 1 is 1.61 bits per heavy atom. The number of ether oxygens (including phenoxy) is 1. The normalized spacial score (nSPS) is 20.9. The van der Waals surface area contributed by atoms with Crippen LogP contribution in [-0.2, 0) is 16.1 Å². The van der Waals surface area contributed by atoms with Gasteiger partial charge in [-0.2, -0.15) is 0 Å². The van der Waals surface area contributed by atoms with Crippen molar-refractivity contribution in [3.63, 3.8) is 0 Å². The van der Waals surface area contributed by atoms with E-state index in [1.807, 2.05) is 4.90 Å². The van der Waals surface area contributed by atoms with Crippen molar-refractivity contribution in [1.29, 1.82) is 0 Å². The van der Waals surface area contributed by atoms with Crippen LogP contribution in [0.2, 0.25) is 5.02 Å². The van der Waals surface area contributed by atoms with E-state index >= 15 is 0 Å². The van der Waals surface area contributed by atoms with Crippen LogP contribution in [0.5, 0.6) is 0 Å². The maximum Gasteiger partial charge on any atom is 0.334 e. The van der Waals surface area contributed by atoms with E-state index in [9.17, 15) is 9.18 Å². The Balaban J connectivity index is 2.04. The first-order valence-electron chi connectivity index (χ1n) is 5.57. The summed E-state index contributed by atoms with van der Waals surface area (Å²) in [6.45, 7) is 1.66. The molecule has 1 aromatic carbocycles. The summed E-state index contributed by atoms with van der Waals surface area (Å²) in [6, 6.07) is 4.17. The van der Waals surface area contributed by atoms with E-state index in [0.717, 1.165) is 0 Å². The van der Waals surface area contributed by atoms with Crippen molar-refractivity contribution in [3.05, 3.63) is 34.6 Å². The summed E-state index contributed by atoms with van der Waals surface area (Å²) in [6.07, 6.45) is -0.828. The Bertz CT molecular complexity index is 455. The lowest BCUT2D eigenvalue weighted by atomic mass is 10.2. The van der Waals surface area contributed by atoms with Gasteiger partial charge in [-0.3, -0.25) is 4.90 Å². The lowest BCUT2D eigenvalue weighted by Crippen LogP contribution is -2.45. The van der Waals surface area contributed by atoms with Crippen LogP contribution in [0.25, 0.3) is 0 Å². The first kappa shape index (κ1) is 13.3. The highest BCUT2D eigenvalue weighted by molar-refractivity contribution is 6.31. The number of nitrogens with zero attached hydrogens (tertiary/aromatic N) is 1. The molecule has 1 atom stereocenters. The lowest BCUT2D eigenvalue weighted by Gasteiger charge is -2.30. The Hall–Kier alpha value is -1.17. The zero-order chi connectivity index (χ0) is 13.1. The topological polar surface area (TPSA) is 49.8 Å². The van der Waals surface area contributed by atoms with Gasteiger partial charge in [-0.15, -0.1) is 0 Å². The maximum absolute atomic E-state index is 13.1. The van der Waals surface area contributed by atoms with Crippen LogP contribution in [0.3, 0.4) is 0 Å². The number of morpholine rings is 1. The summed E-state index contributed by atoms with van der Waals surface area (Å²) in [4.78, 5) is 12.7. The molecule has 1 unspecified atom stereocenters. The van der Waals surface area contributed by atoms with Crippen LogP contribution in [0.4, 0.5) is 4.39 Å². The lowest BCUT2D eigenvalue weighted by molar-refractivity contribution is -0.156. The van der Waals surface area contributed by atoms with E-state index in [1.165, 1.54) is 18.2 Å². The molecule has 1 N–H and O–H groups in total. The predicted molar refractivity (Wildman–Crippen MR) is 64.1 cm³/mol. The molecule has 1 heterocycles. The van der Waals surface area contributed by atoms with Gasteiger partial charge in [0.1, 0.15) is 5.82 Å². The van der Waals surface area contributed by atoms with Crippen LogP contribution >= 0.6 is 11.6 Å². The molecule has 4 nitrogen and oxygen atoms in total. The van der Waals surface area contributed by atoms with Crippen molar-refractivity contribution in [2.24, 2.45) is 0 Å². The average Bonchev–Trinajstić information content (AvgIpc) is 2.34. The number of hydrogen-bond donors (Lipinski definition) is 1. The van der Waals surface area contributed by atoms with Gasteiger partial charge >= 0.3 is 5.97 Å². The molecule has 1 saturated heterocycles. The molecular weight excluding hydrogens is 261 g/mol. The summed E-state index contributed by atoms with van der Waals surface area (Å²) in [5.41, 5.74) is 0.655. The zero-order valence-corrected chi connectivity index (χ0v) is 10.4. The van der Waals surface area contributed by atoms with Gasteiger partial charge in [-0.05, 0) is 23.8 Å². The molecular formula is C12H13ClFNO3. The van der Waals surface area contributed by atoms with E-state index in [0.29, 0.717) is 30.3 Å². The molecule has 0 saturated carbocycles. The molecule has 0 aromatic heterocycles. The van der Waals surface area contributed by atoms with E-state index in [2.05, 4.69) is 0 Å². The molecule has 6 heteroatoms. The molecule has 1 aliphatic rings. The monoisotopic (exact) mass is 273 g/mol.